The Morgan fingerprint density at radius 1 is 1.23 bits per heavy atom. The molecule has 70 valence electrons. The number of Topliss-reactive ketones (excluding diaryl/α,β-unsaturated/α-hetero) is 1. The smallest absolute Gasteiger partial charge is 0.286 e. The fourth-order valence-electron chi connectivity index (χ4n) is 0.859. The Morgan fingerprint density at radius 3 is 2.15 bits per heavy atom. The monoisotopic (exact) mass is 202 g/mol. The average Bonchev–Trinajstić information content (AvgIpc) is 1.97. The first-order valence-corrected chi connectivity index (χ1v) is 4.72. The summed E-state index contributed by atoms with van der Waals surface area (Å²) in [6.45, 7) is 1.30. The molecule has 0 fully saturated rings. The van der Waals surface area contributed by atoms with Gasteiger partial charge in [-0.3, -0.25) is 14.1 Å². The SMILES string of the molecule is CC1=CC(S(=O)(=O)O)=CC(=O)C1=O. The van der Waals surface area contributed by atoms with Crippen LogP contribution in [-0.4, -0.2) is 24.5 Å². The highest BCUT2D eigenvalue weighted by molar-refractivity contribution is 7.90. The van der Waals surface area contributed by atoms with Gasteiger partial charge in [-0.2, -0.15) is 8.42 Å². The van der Waals surface area contributed by atoms with E-state index in [1.54, 1.807) is 0 Å². The lowest BCUT2D eigenvalue weighted by atomic mass is 10.0. The van der Waals surface area contributed by atoms with Crippen molar-refractivity contribution in [1.29, 1.82) is 0 Å². The molecule has 0 aromatic heterocycles. The number of hydrogen-bond acceptors (Lipinski definition) is 4. The van der Waals surface area contributed by atoms with Crippen LogP contribution in [0.2, 0.25) is 0 Å². The molecule has 0 bridgehead atoms. The van der Waals surface area contributed by atoms with Gasteiger partial charge in [0.2, 0.25) is 11.6 Å². The lowest BCUT2D eigenvalue weighted by Crippen LogP contribution is -2.18. The minimum absolute atomic E-state index is 0.000116. The molecule has 0 spiro atoms. The minimum Gasteiger partial charge on any atom is -0.286 e. The lowest BCUT2D eigenvalue weighted by molar-refractivity contribution is -0.131. The van der Waals surface area contributed by atoms with E-state index in [0.29, 0.717) is 6.08 Å². The van der Waals surface area contributed by atoms with Crippen molar-refractivity contribution < 1.29 is 22.6 Å². The molecular formula is C7H6O5S. The predicted molar refractivity (Wildman–Crippen MR) is 43.4 cm³/mol. The topological polar surface area (TPSA) is 88.5 Å². The van der Waals surface area contributed by atoms with Gasteiger partial charge in [0.25, 0.3) is 10.1 Å². The predicted octanol–water partition coefficient (Wildman–Crippen LogP) is -0.144. The molecule has 0 unspecified atom stereocenters. The number of rotatable bonds is 1. The van der Waals surface area contributed by atoms with Crippen LogP contribution in [0.3, 0.4) is 0 Å². The summed E-state index contributed by atoms with van der Waals surface area (Å²) in [6, 6.07) is 0. The summed E-state index contributed by atoms with van der Waals surface area (Å²) < 4.78 is 29.7. The van der Waals surface area contributed by atoms with E-state index >= 15 is 0 Å². The van der Waals surface area contributed by atoms with E-state index < -0.39 is 26.6 Å². The standard InChI is InChI=1S/C7H6O5S/c1-4-2-5(13(10,11)12)3-6(8)7(4)9/h2-3H,1H3,(H,10,11,12). The van der Waals surface area contributed by atoms with Crippen molar-refractivity contribution in [3.8, 4) is 0 Å². The van der Waals surface area contributed by atoms with Crippen LogP contribution in [-0.2, 0) is 19.7 Å². The summed E-state index contributed by atoms with van der Waals surface area (Å²) in [4.78, 5) is 21.1. The third-order valence-corrected chi connectivity index (χ3v) is 2.34. The molecule has 0 saturated carbocycles. The van der Waals surface area contributed by atoms with Crippen molar-refractivity contribution in [2.24, 2.45) is 0 Å². The van der Waals surface area contributed by atoms with Crippen LogP contribution in [0.5, 0.6) is 0 Å². The molecular weight excluding hydrogens is 196 g/mol. The van der Waals surface area contributed by atoms with Crippen LogP contribution >= 0.6 is 0 Å². The molecule has 1 aliphatic rings. The van der Waals surface area contributed by atoms with Gasteiger partial charge in [0, 0.05) is 11.6 Å². The second kappa shape index (κ2) is 2.90. The quantitative estimate of drug-likeness (QED) is 0.363. The molecule has 0 aromatic carbocycles. The van der Waals surface area contributed by atoms with Gasteiger partial charge in [-0.15, -0.1) is 0 Å². The van der Waals surface area contributed by atoms with Crippen molar-refractivity contribution in [2.75, 3.05) is 0 Å². The number of hydrogen-bond donors (Lipinski definition) is 1. The van der Waals surface area contributed by atoms with Gasteiger partial charge >= 0.3 is 0 Å². The molecule has 0 atom stereocenters. The van der Waals surface area contributed by atoms with E-state index in [1.807, 2.05) is 0 Å². The Balaban J connectivity index is 3.28. The summed E-state index contributed by atoms with van der Waals surface area (Å²) in [5, 5.41) is 0. The number of allylic oxidation sites excluding steroid dienone is 3. The zero-order valence-electron chi connectivity index (χ0n) is 6.64. The fourth-order valence-corrected chi connectivity index (χ4v) is 1.44. The molecule has 6 heteroatoms. The normalized spacial score (nSPS) is 18.3. The van der Waals surface area contributed by atoms with Crippen molar-refractivity contribution in [1.82, 2.24) is 0 Å². The van der Waals surface area contributed by atoms with Gasteiger partial charge in [-0.25, -0.2) is 0 Å². The maximum absolute atomic E-state index is 10.9. The van der Waals surface area contributed by atoms with E-state index in [1.165, 1.54) is 6.92 Å². The minimum atomic E-state index is -4.40. The molecule has 0 aromatic rings. The average molecular weight is 202 g/mol. The number of carbonyl (C=O) groups excluding carboxylic acids is 2. The Labute approximate surface area is 74.5 Å². The van der Waals surface area contributed by atoms with Gasteiger partial charge in [0.1, 0.15) is 0 Å². The lowest BCUT2D eigenvalue weighted by Gasteiger charge is -2.05. The van der Waals surface area contributed by atoms with Crippen LogP contribution in [0.4, 0.5) is 0 Å². The van der Waals surface area contributed by atoms with Gasteiger partial charge in [0.15, 0.2) is 0 Å². The van der Waals surface area contributed by atoms with Crippen molar-refractivity contribution in [3.63, 3.8) is 0 Å². The highest BCUT2D eigenvalue weighted by Gasteiger charge is 2.24. The molecule has 0 aliphatic heterocycles. The highest BCUT2D eigenvalue weighted by Crippen LogP contribution is 2.15. The third-order valence-electron chi connectivity index (χ3n) is 1.51. The van der Waals surface area contributed by atoms with Crippen molar-refractivity contribution in [3.05, 3.63) is 22.6 Å². The molecule has 0 heterocycles. The molecule has 0 radical (unpaired) electrons. The van der Waals surface area contributed by atoms with E-state index in [4.69, 9.17) is 4.55 Å². The first-order chi connectivity index (χ1) is 5.82. The maximum Gasteiger partial charge on any atom is 0.294 e. The Morgan fingerprint density at radius 2 is 1.77 bits per heavy atom. The van der Waals surface area contributed by atoms with Crippen LogP contribution < -0.4 is 0 Å². The van der Waals surface area contributed by atoms with E-state index in [0.717, 1.165) is 6.08 Å². The third kappa shape index (κ3) is 1.90. The number of ketones is 2. The number of carbonyl (C=O) groups is 2. The zero-order valence-corrected chi connectivity index (χ0v) is 7.46. The van der Waals surface area contributed by atoms with Crippen LogP contribution in [0.1, 0.15) is 6.92 Å². The summed E-state index contributed by atoms with van der Waals surface area (Å²) in [7, 11) is -4.40. The van der Waals surface area contributed by atoms with Crippen molar-refractivity contribution in [2.45, 2.75) is 6.92 Å². The molecule has 0 saturated heterocycles. The largest absolute Gasteiger partial charge is 0.294 e. The van der Waals surface area contributed by atoms with E-state index in [9.17, 15) is 18.0 Å². The van der Waals surface area contributed by atoms with Gasteiger partial charge < -0.3 is 0 Å². The first kappa shape index (κ1) is 9.82. The molecule has 1 N–H and O–H groups in total. The summed E-state index contributed by atoms with van der Waals surface area (Å²) >= 11 is 0. The molecule has 13 heavy (non-hydrogen) atoms. The molecule has 1 aliphatic carbocycles. The summed E-state index contributed by atoms with van der Waals surface area (Å²) in [5.74, 6) is -1.69. The summed E-state index contributed by atoms with van der Waals surface area (Å²) in [5.41, 5.74) is 0.000116. The van der Waals surface area contributed by atoms with Gasteiger partial charge in [0.05, 0.1) is 4.91 Å². The van der Waals surface area contributed by atoms with E-state index in [-0.39, 0.29) is 5.57 Å². The Bertz CT molecular complexity index is 438. The van der Waals surface area contributed by atoms with Crippen LogP contribution in [0, 0.1) is 0 Å². The maximum atomic E-state index is 10.9. The highest BCUT2D eigenvalue weighted by atomic mass is 32.2. The molecule has 5 nitrogen and oxygen atoms in total. The zero-order chi connectivity index (χ0) is 10.2. The van der Waals surface area contributed by atoms with Gasteiger partial charge in [-0.05, 0) is 13.0 Å². The molecule has 1 rings (SSSR count). The van der Waals surface area contributed by atoms with Crippen LogP contribution in [0.25, 0.3) is 0 Å². The molecule has 0 amide bonds. The first-order valence-electron chi connectivity index (χ1n) is 3.28. The van der Waals surface area contributed by atoms with Gasteiger partial charge in [-0.1, -0.05) is 0 Å². The second-order valence-electron chi connectivity index (χ2n) is 2.54. The summed E-state index contributed by atoms with van der Waals surface area (Å²) in [6.07, 6.45) is 1.56. The van der Waals surface area contributed by atoms with Crippen molar-refractivity contribution >= 4 is 21.7 Å². The fraction of sp³-hybridized carbons (Fsp3) is 0.143. The van der Waals surface area contributed by atoms with E-state index in [2.05, 4.69) is 0 Å². The van der Waals surface area contributed by atoms with Crippen LogP contribution in [0.15, 0.2) is 22.6 Å². The Hall–Kier alpha value is -1.27. The second-order valence-corrected chi connectivity index (χ2v) is 3.96. The Kier molecular flexibility index (Phi) is 2.19.